The van der Waals surface area contributed by atoms with E-state index in [1.807, 2.05) is 48.5 Å². The molecule has 2 heterocycles. The standard InChI is InChI=1S/C22H25N5O2/c1-3-26(4-2)13-14-27-19-11-7-6-10-17(19)23-22(27)24-21(28)15-18-16-9-5-8-12-20(16)29-25-18/h5-12H,3-4,13-15H2,1-2H3,(H,23,24,28). The van der Waals surface area contributed by atoms with Crippen LogP contribution in [-0.4, -0.2) is 45.1 Å². The zero-order valence-corrected chi connectivity index (χ0v) is 16.8. The maximum Gasteiger partial charge on any atom is 0.232 e. The largest absolute Gasteiger partial charge is 0.356 e. The molecule has 0 spiro atoms. The summed E-state index contributed by atoms with van der Waals surface area (Å²) in [7, 11) is 0. The smallest absolute Gasteiger partial charge is 0.232 e. The lowest BCUT2D eigenvalue weighted by atomic mass is 10.2. The normalized spacial score (nSPS) is 11.6. The minimum atomic E-state index is -0.163. The number of carbonyl (C=O) groups is 1. The highest BCUT2D eigenvalue weighted by Gasteiger charge is 2.16. The third-order valence-corrected chi connectivity index (χ3v) is 5.22. The zero-order chi connectivity index (χ0) is 20.2. The van der Waals surface area contributed by atoms with Crippen LogP contribution in [0.2, 0.25) is 0 Å². The van der Waals surface area contributed by atoms with Gasteiger partial charge >= 0.3 is 0 Å². The number of fused-ring (bicyclic) bond motifs is 2. The molecule has 0 bridgehead atoms. The highest BCUT2D eigenvalue weighted by Crippen LogP contribution is 2.21. The summed E-state index contributed by atoms with van der Waals surface area (Å²) in [6, 6.07) is 15.5. The first-order valence-corrected chi connectivity index (χ1v) is 10.00. The molecule has 0 aliphatic carbocycles. The van der Waals surface area contributed by atoms with Crippen LogP contribution in [0.4, 0.5) is 5.95 Å². The van der Waals surface area contributed by atoms with Gasteiger partial charge in [0.2, 0.25) is 11.9 Å². The van der Waals surface area contributed by atoms with Gasteiger partial charge in [-0.25, -0.2) is 4.98 Å². The Labute approximate surface area is 169 Å². The summed E-state index contributed by atoms with van der Waals surface area (Å²) in [5, 5.41) is 7.89. The number of aromatic nitrogens is 3. The maximum absolute atomic E-state index is 12.7. The van der Waals surface area contributed by atoms with E-state index in [1.54, 1.807) is 0 Å². The van der Waals surface area contributed by atoms with Crippen molar-refractivity contribution in [1.82, 2.24) is 19.6 Å². The van der Waals surface area contributed by atoms with E-state index in [0.717, 1.165) is 42.6 Å². The Morgan fingerprint density at radius 2 is 1.86 bits per heavy atom. The molecule has 7 heteroatoms. The fourth-order valence-corrected chi connectivity index (χ4v) is 3.57. The number of nitrogens with zero attached hydrogens (tertiary/aromatic N) is 4. The molecule has 4 rings (SSSR count). The quantitative estimate of drug-likeness (QED) is 0.496. The van der Waals surface area contributed by atoms with Crippen molar-refractivity contribution in [2.75, 3.05) is 25.0 Å². The van der Waals surface area contributed by atoms with Gasteiger partial charge in [-0.15, -0.1) is 0 Å². The first-order valence-electron chi connectivity index (χ1n) is 10.00. The molecule has 4 aromatic rings. The van der Waals surface area contributed by atoms with Crippen LogP contribution in [0.25, 0.3) is 22.0 Å². The lowest BCUT2D eigenvalue weighted by Gasteiger charge is -2.19. The van der Waals surface area contributed by atoms with Gasteiger partial charge in [0.15, 0.2) is 5.58 Å². The number of likely N-dealkylation sites (N-methyl/N-ethyl adjacent to an activating group) is 1. The number of anilines is 1. The molecule has 7 nitrogen and oxygen atoms in total. The Kier molecular flexibility index (Phi) is 5.57. The number of hydrogen-bond donors (Lipinski definition) is 1. The Balaban J connectivity index is 1.56. The van der Waals surface area contributed by atoms with Crippen molar-refractivity contribution >= 4 is 33.9 Å². The van der Waals surface area contributed by atoms with Crippen molar-refractivity contribution in [1.29, 1.82) is 0 Å². The van der Waals surface area contributed by atoms with Crippen molar-refractivity contribution in [3.8, 4) is 0 Å². The Morgan fingerprint density at radius 3 is 2.69 bits per heavy atom. The van der Waals surface area contributed by atoms with Gasteiger partial charge in [-0.3, -0.25) is 10.1 Å². The predicted octanol–water partition coefficient (Wildman–Crippen LogP) is 3.70. The highest BCUT2D eigenvalue weighted by atomic mass is 16.5. The Bertz CT molecular complexity index is 1130. The minimum Gasteiger partial charge on any atom is -0.356 e. The summed E-state index contributed by atoms with van der Waals surface area (Å²) in [6.07, 6.45) is 0.135. The van der Waals surface area contributed by atoms with E-state index in [-0.39, 0.29) is 12.3 Å². The first-order chi connectivity index (χ1) is 14.2. The van der Waals surface area contributed by atoms with Crippen LogP contribution in [0.3, 0.4) is 0 Å². The first kappa shape index (κ1) is 19.1. The molecule has 0 saturated carbocycles. The second kappa shape index (κ2) is 8.45. The number of para-hydroxylation sites is 3. The monoisotopic (exact) mass is 391 g/mol. The van der Waals surface area contributed by atoms with E-state index in [1.165, 1.54) is 0 Å². The molecule has 0 unspecified atom stereocenters. The lowest BCUT2D eigenvalue weighted by Crippen LogP contribution is -2.28. The van der Waals surface area contributed by atoms with Gasteiger partial charge in [0, 0.05) is 18.5 Å². The van der Waals surface area contributed by atoms with Gasteiger partial charge in [-0.05, 0) is 37.4 Å². The molecule has 0 fully saturated rings. The van der Waals surface area contributed by atoms with Crippen molar-refractivity contribution in [3.63, 3.8) is 0 Å². The molecule has 0 aliphatic heterocycles. The number of carbonyl (C=O) groups excluding carboxylic acids is 1. The molecule has 0 atom stereocenters. The molecule has 2 aromatic carbocycles. The predicted molar refractivity (Wildman–Crippen MR) is 114 cm³/mol. The van der Waals surface area contributed by atoms with Crippen LogP contribution in [0.1, 0.15) is 19.5 Å². The summed E-state index contributed by atoms with van der Waals surface area (Å²) in [5.41, 5.74) is 3.20. The number of imidazole rings is 1. The molecular formula is C22H25N5O2. The SMILES string of the molecule is CCN(CC)CCn1c(NC(=O)Cc2noc3ccccc23)nc2ccccc21. The second-order valence-electron chi connectivity index (χ2n) is 6.95. The fourth-order valence-electron chi connectivity index (χ4n) is 3.57. The summed E-state index contributed by atoms with van der Waals surface area (Å²) in [5.74, 6) is 0.402. The van der Waals surface area contributed by atoms with Crippen LogP contribution < -0.4 is 5.32 Å². The van der Waals surface area contributed by atoms with E-state index < -0.39 is 0 Å². The van der Waals surface area contributed by atoms with E-state index in [4.69, 9.17) is 4.52 Å². The minimum absolute atomic E-state index is 0.135. The van der Waals surface area contributed by atoms with Crippen molar-refractivity contribution in [3.05, 3.63) is 54.2 Å². The van der Waals surface area contributed by atoms with Gasteiger partial charge in [-0.1, -0.05) is 43.3 Å². The summed E-state index contributed by atoms with van der Waals surface area (Å²) in [4.78, 5) is 19.7. The number of nitrogens with one attached hydrogen (secondary N) is 1. The topological polar surface area (TPSA) is 76.2 Å². The number of amides is 1. The third-order valence-electron chi connectivity index (χ3n) is 5.22. The van der Waals surface area contributed by atoms with Gasteiger partial charge in [-0.2, -0.15) is 0 Å². The van der Waals surface area contributed by atoms with Crippen LogP contribution in [0.5, 0.6) is 0 Å². The number of rotatable bonds is 8. The van der Waals surface area contributed by atoms with Gasteiger partial charge in [0.05, 0.1) is 17.5 Å². The van der Waals surface area contributed by atoms with Crippen LogP contribution in [0, 0.1) is 0 Å². The number of benzene rings is 2. The second-order valence-corrected chi connectivity index (χ2v) is 6.95. The summed E-state index contributed by atoms with van der Waals surface area (Å²) >= 11 is 0. The fraction of sp³-hybridized carbons (Fsp3) is 0.318. The molecular weight excluding hydrogens is 366 g/mol. The molecule has 2 aromatic heterocycles. The van der Waals surface area contributed by atoms with E-state index >= 15 is 0 Å². The zero-order valence-electron chi connectivity index (χ0n) is 16.8. The van der Waals surface area contributed by atoms with Crippen molar-refractivity contribution < 1.29 is 9.32 Å². The maximum atomic E-state index is 12.7. The van der Waals surface area contributed by atoms with E-state index in [9.17, 15) is 4.79 Å². The van der Waals surface area contributed by atoms with Gasteiger partial charge in [0.25, 0.3) is 0 Å². The highest BCUT2D eigenvalue weighted by molar-refractivity contribution is 5.95. The molecule has 29 heavy (non-hydrogen) atoms. The van der Waals surface area contributed by atoms with E-state index in [0.29, 0.717) is 17.2 Å². The summed E-state index contributed by atoms with van der Waals surface area (Å²) in [6.45, 7) is 7.93. The van der Waals surface area contributed by atoms with E-state index in [2.05, 4.69) is 38.8 Å². The summed E-state index contributed by atoms with van der Waals surface area (Å²) < 4.78 is 7.38. The van der Waals surface area contributed by atoms with Crippen molar-refractivity contribution in [2.24, 2.45) is 0 Å². The average Bonchev–Trinajstić information content (AvgIpc) is 3.30. The average molecular weight is 391 g/mol. The lowest BCUT2D eigenvalue weighted by molar-refractivity contribution is -0.115. The molecule has 1 N–H and O–H groups in total. The van der Waals surface area contributed by atoms with Gasteiger partial charge in [0.1, 0.15) is 5.69 Å². The van der Waals surface area contributed by atoms with Crippen LogP contribution >= 0.6 is 0 Å². The Hall–Kier alpha value is -3.19. The molecule has 0 radical (unpaired) electrons. The molecule has 1 amide bonds. The third kappa shape index (κ3) is 4.00. The molecule has 0 aliphatic rings. The molecule has 150 valence electrons. The Morgan fingerprint density at radius 1 is 1.10 bits per heavy atom. The molecule has 0 saturated heterocycles. The van der Waals surface area contributed by atoms with Crippen LogP contribution in [-0.2, 0) is 17.8 Å². The number of hydrogen-bond acceptors (Lipinski definition) is 5. The van der Waals surface area contributed by atoms with Crippen molar-refractivity contribution in [2.45, 2.75) is 26.8 Å². The van der Waals surface area contributed by atoms with Crippen LogP contribution in [0.15, 0.2) is 53.1 Å². The van der Waals surface area contributed by atoms with Gasteiger partial charge < -0.3 is 14.0 Å².